The fourth-order valence-corrected chi connectivity index (χ4v) is 2.82. The minimum Gasteiger partial charge on any atom is -0.493 e. The van der Waals surface area contributed by atoms with E-state index in [0.29, 0.717) is 29.5 Å². The number of anilines is 1. The van der Waals surface area contributed by atoms with Crippen LogP contribution < -0.4 is 19.5 Å². The van der Waals surface area contributed by atoms with Crippen LogP contribution in [0.5, 0.6) is 17.2 Å². The summed E-state index contributed by atoms with van der Waals surface area (Å²) in [6, 6.07) is 13.1. The van der Waals surface area contributed by atoms with E-state index in [2.05, 4.69) is 5.32 Å². The Morgan fingerprint density at radius 1 is 1.07 bits per heavy atom. The maximum absolute atomic E-state index is 12.7. The lowest BCUT2D eigenvalue weighted by Crippen LogP contribution is -2.40. The quantitative estimate of drug-likeness (QED) is 0.676. The molecule has 6 heteroatoms. The van der Waals surface area contributed by atoms with Gasteiger partial charge in [0.05, 0.1) is 32.6 Å². The summed E-state index contributed by atoms with van der Waals surface area (Å²) in [6.45, 7) is 5.10. The molecule has 0 radical (unpaired) electrons. The van der Waals surface area contributed by atoms with Crippen molar-refractivity contribution in [1.29, 1.82) is 0 Å². The van der Waals surface area contributed by atoms with Crippen molar-refractivity contribution in [3.05, 3.63) is 48.0 Å². The third-order valence-corrected chi connectivity index (χ3v) is 4.69. The van der Waals surface area contributed by atoms with E-state index < -0.39 is 0 Å². The molecule has 0 saturated heterocycles. The molecule has 1 N–H and O–H groups in total. The van der Waals surface area contributed by atoms with Crippen molar-refractivity contribution in [2.45, 2.75) is 26.3 Å². The molecule has 0 heterocycles. The van der Waals surface area contributed by atoms with Gasteiger partial charge in [-0.05, 0) is 57.1 Å². The monoisotopic (exact) mass is 386 g/mol. The van der Waals surface area contributed by atoms with E-state index >= 15 is 0 Å². The number of rotatable bonds is 10. The van der Waals surface area contributed by atoms with E-state index in [1.165, 1.54) is 0 Å². The van der Waals surface area contributed by atoms with Crippen LogP contribution in [0.2, 0.25) is 0 Å². The maximum Gasteiger partial charge on any atom is 0.241 e. The number of nitrogens with zero attached hydrogens (tertiary/aromatic N) is 1. The molecule has 2 aromatic carbocycles. The number of benzene rings is 2. The van der Waals surface area contributed by atoms with Gasteiger partial charge in [-0.3, -0.25) is 9.69 Å². The number of para-hydroxylation sites is 2. The predicted octanol–water partition coefficient (Wildman–Crippen LogP) is 3.60. The number of hydrogen-bond acceptors (Lipinski definition) is 5. The van der Waals surface area contributed by atoms with Crippen LogP contribution in [0.25, 0.3) is 0 Å². The molecule has 152 valence electrons. The predicted molar refractivity (Wildman–Crippen MR) is 112 cm³/mol. The Balaban J connectivity index is 1.95. The van der Waals surface area contributed by atoms with Crippen LogP contribution in [0.3, 0.4) is 0 Å². The third-order valence-electron chi connectivity index (χ3n) is 4.69. The molecular weight excluding hydrogens is 356 g/mol. The van der Waals surface area contributed by atoms with Crippen LogP contribution in [0, 0.1) is 0 Å². The Kier molecular flexibility index (Phi) is 8.14. The standard InChI is InChI=1S/C22H30N2O4/c1-6-28-19-10-8-7-9-18(19)23-22(25)16(2)24(3)14-13-17-11-12-20(26-4)21(15-17)27-5/h7-12,15-16H,6,13-14H2,1-5H3,(H,23,25)/t16-/m1/s1. The summed E-state index contributed by atoms with van der Waals surface area (Å²) in [4.78, 5) is 14.7. The Labute approximate surface area is 167 Å². The summed E-state index contributed by atoms with van der Waals surface area (Å²) in [5, 5.41) is 2.97. The van der Waals surface area contributed by atoms with Gasteiger partial charge in [0.15, 0.2) is 11.5 Å². The molecule has 0 aromatic heterocycles. The Morgan fingerprint density at radius 2 is 1.79 bits per heavy atom. The lowest BCUT2D eigenvalue weighted by atomic mass is 10.1. The molecular formula is C22H30N2O4. The Hall–Kier alpha value is -2.73. The van der Waals surface area contributed by atoms with Crippen LogP contribution in [0.4, 0.5) is 5.69 Å². The van der Waals surface area contributed by atoms with Crippen LogP contribution >= 0.6 is 0 Å². The first-order chi connectivity index (χ1) is 13.5. The SMILES string of the molecule is CCOc1ccccc1NC(=O)[C@@H](C)N(C)CCc1ccc(OC)c(OC)c1. The first-order valence-electron chi connectivity index (χ1n) is 9.44. The highest BCUT2D eigenvalue weighted by Gasteiger charge is 2.19. The zero-order valence-electron chi connectivity index (χ0n) is 17.3. The van der Waals surface area contributed by atoms with Gasteiger partial charge in [-0.25, -0.2) is 0 Å². The number of ether oxygens (including phenoxy) is 3. The van der Waals surface area contributed by atoms with Crippen LogP contribution in [0.1, 0.15) is 19.4 Å². The molecule has 0 aliphatic heterocycles. The van der Waals surface area contributed by atoms with E-state index in [9.17, 15) is 4.79 Å². The van der Waals surface area contributed by atoms with Gasteiger partial charge < -0.3 is 19.5 Å². The average Bonchev–Trinajstić information content (AvgIpc) is 2.72. The first kappa shape index (κ1) is 21.6. The molecule has 6 nitrogen and oxygen atoms in total. The van der Waals surface area contributed by atoms with Crippen LogP contribution in [0.15, 0.2) is 42.5 Å². The molecule has 0 aliphatic carbocycles. The van der Waals surface area contributed by atoms with E-state index in [0.717, 1.165) is 18.5 Å². The van der Waals surface area contributed by atoms with E-state index in [1.54, 1.807) is 14.2 Å². The zero-order chi connectivity index (χ0) is 20.5. The summed E-state index contributed by atoms with van der Waals surface area (Å²) in [7, 11) is 5.19. The van der Waals surface area contributed by atoms with Crippen molar-refractivity contribution in [2.24, 2.45) is 0 Å². The average molecular weight is 386 g/mol. The van der Waals surface area contributed by atoms with Gasteiger partial charge in [0.25, 0.3) is 0 Å². The molecule has 1 amide bonds. The van der Waals surface area contributed by atoms with Gasteiger partial charge in [0.2, 0.25) is 5.91 Å². The van der Waals surface area contributed by atoms with Gasteiger partial charge in [0, 0.05) is 6.54 Å². The summed E-state index contributed by atoms with van der Waals surface area (Å²) in [5.41, 5.74) is 1.81. The molecule has 0 bridgehead atoms. The number of carbonyl (C=O) groups is 1. The summed E-state index contributed by atoms with van der Waals surface area (Å²) in [5.74, 6) is 2.03. The number of nitrogens with one attached hydrogen (secondary N) is 1. The summed E-state index contributed by atoms with van der Waals surface area (Å²) in [6.07, 6.45) is 0.796. The number of carbonyl (C=O) groups excluding carboxylic acids is 1. The normalized spacial score (nSPS) is 11.8. The fourth-order valence-electron chi connectivity index (χ4n) is 2.82. The molecule has 0 fully saturated rings. The topological polar surface area (TPSA) is 60.0 Å². The minimum atomic E-state index is -0.283. The van der Waals surface area contributed by atoms with Crippen LogP contribution in [-0.4, -0.2) is 51.3 Å². The van der Waals surface area contributed by atoms with Crippen LogP contribution in [-0.2, 0) is 11.2 Å². The van der Waals surface area contributed by atoms with Gasteiger partial charge >= 0.3 is 0 Å². The van der Waals surface area contributed by atoms with Gasteiger partial charge in [-0.15, -0.1) is 0 Å². The van der Waals surface area contributed by atoms with Gasteiger partial charge in [0.1, 0.15) is 5.75 Å². The van der Waals surface area contributed by atoms with Crippen molar-refractivity contribution < 1.29 is 19.0 Å². The minimum absolute atomic E-state index is 0.0676. The van der Waals surface area contributed by atoms with Gasteiger partial charge in [-0.1, -0.05) is 18.2 Å². The third kappa shape index (κ3) is 5.63. The fraction of sp³-hybridized carbons (Fsp3) is 0.409. The zero-order valence-corrected chi connectivity index (χ0v) is 17.3. The highest BCUT2D eigenvalue weighted by atomic mass is 16.5. The van der Waals surface area contributed by atoms with Crippen molar-refractivity contribution in [1.82, 2.24) is 4.90 Å². The van der Waals surface area contributed by atoms with E-state index in [-0.39, 0.29) is 11.9 Å². The number of likely N-dealkylation sites (N-methyl/N-ethyl adjacent to an activating group) is 1. The highest BCUT2D eigenvalue weighted by molar-refractivity contribution is 5.95. The Morgan fingerprint density at radius 3 is 2.46 bits per heavy atom. The lowest BCUT2D eigenvalue weighted by molar-refractivity contribution is -0.120. The first-order valence-corrected chi connectivity index (χ1v) is 9.44. The number of methoxy groups -OCH3 is 2. The smallest absolute Gasteiger partial charge is 0.241 e. The lowest BCUT2D eigenvalue weighted by Gasteiger charge is -2.24. The van der Waals surface area contributed by atoms with E-state index in [1.807, 2.05) is 68.3 Å². The molecule has 0 spiro atoms. The van der Waals surface area contributed by atoms with Crippen molar-refractivity contribution in [3.63, 3.8) is 0 Å². The molecule has 0 saturated carbocycles. The molecule has 28 heavy (non-hydrogen) atoms. The summed E-state index contributed by atoms with van der Waals surface area (Å²) < 4.78 is 16.2. The summed E-state index contributed by atoms with van der Waals surface area (Å²) >= 11 is 0. The van der Waals surface area contributed by atoms with Gasteiger partial charge in [-0.2, -0.15) is 0 Å². The second kappa shape index (κ2) is 10.6. The van der Waals surface area contributed by atoms with Crippen molar-refractivity contribution >= 4 is 11.6 Å². The number of hydrogen-bond donors (Lipinski definition) is 1. The van der Waals surface area contributed by atoms with Crippen molar-refractivity contribution in [3.8, 4) is 17.2 Å². The number of amides is 1. The maximum atomic E-state index is 12.7. The Bertz CT molecular complexity index is 779. The second-order valence-electron chi connectivity index (χ2n) is 6.51. The molecule has 1 atom stereocenters. The van der Waals surface area contributed by atoms with E-state index in [4.69, 9.17) is 14.2 Å². The second-order valence-corrected chi connectivity index (χ2v) is 6.51. The highest BCUT2D eigenvalue weighted by Crippen LogP contribution is 2.28. The molecule has 2 aromatic rings. The van der Waals surface area contributed by atoms with Crippen molar-refractivity contribution in [2.75, 3.05) is 39.7 Å². The molecule has 0 unspecified atom stereocenters. The molecule has 2 rings (SSSR count). The molecule has 0 aliphatic rings. The largest absolute Gasteiger partial charge is 0.493 e.